The summed E-state index contributed by atoms with van der Waals surface area (Å²) in [6.45, 7) is 0.342. The minimum atomic E-state index is -4.74. The highest BCUT2D eigenvalue weighted by molar-refractivity contribution is 5.82. The van der Waals surface area contributed by atoms with Crippen LogP contribution in [0.4, 0.5) is 13.2 Å². The van der Waals surface area contributed by atoms with E-state index in [1.807, 2.05) is 0 Å². The van der Waals surface area contributed by atoms with Crippen molar-refractivity contribution in [3.8, 4) is 0 Å². The standard InChI is InChI=1S/C7H9F3N2O/c8-7(9,10)6(13)12-1-3-4(2-12)5(3)11/h3-5H,1-2,11H2/t3-,4+,5-. The lowest BCUT2D eigenvalue weighted by Crippen LogP contribution is -2.42. The Balaban J connectivity index is 1.95. The number of halogens is 3. The first-order valence-corrected chi connectivity index (χ1v) is 4.03. The Bertz CT molecular complexity index is 241. The van der Waals surface area contributed by atoms with Crippen LogP contribution in [0.15, 0.2) is 0 Å². The number of hydrogen-bond acceptors (Lipinski definition) is 2. The van der Waals surface area contributed by atoms with E-state index in [-0.39, 0.29) is 31.0 Å². The minimum absolute atomic E-state index is 0.0114. The summed E-state index contributed by atoms with van der Waals surface area (Å²) < 4.78 is 35.8. The highest BCUT2D eigenvalue weighted by atomic mass is 19.4. The van der Waals surface area contributed by atoms with Crippen molar-refractivity contribution >= 4 is 5.91 Å². The normalized spacial score (nSPS) is 37.5. The maximum Gasteiger partial charge on any atom is 0.471 e. The Kier molecular flexibility index (Phi) is 1.61. The van der Waals surface area contributed by atoms with Crippen LogP contribution < -0.4 is 5.73 Å². The van der Waals surface area contributed by atoms with Gasteiger partial charge in [0, 0.05) is 19.1 Å². The van der Waals surface area contributed by atoms with Crippen molar-refractivity contribution in [2.24, 2.45) is 17.6 Å². The van der Waals surface area contributed by atoms with E-state index < -0.39 is 12.1 Å². The molecule has 74 valence electrons. The topological polar surface area (TPSA) is 46.3 Å². The first kappa shape index (κ1) is 8.80. The molecule has 1 amide bonds. The molecule has 2 fully saturated rings. The molecule has 0 aromatic rings. The monoisotopic (exact) mass is 194 g/mol. The molecule has 0 unspecified atom stereocenters. The quantitative estimate of drug-likeness (QED) is 0.588. The molecule has 1 aliphatic carbocycles. The molecule has 2 aliphatic rings. The molecule has 1 aliphatic heterocycles. The number of alkyl halides is 3. The third kappa shape index (κ3) is 1.29. The van der Waals surface area contributed by atoms with Crippen LogP contribution >= 0.6 is 0 Å². The van der Waals surface area contributed by atoms with E-state index in [0.717, 1.165) is 4.90 Å². The molecule has 13 heavy (non-hydrogen) atoms. The second-order valence-corrected chi connectivity index (χ2v) is 3.61. The predicted molar refractivity (Wildman–Crippen MR) is 37.6 cm³/mol. The zero-order chi connectivity index (χ0) is 9.80. The van der Waals surface area contributed by atoms with E-state index in [1.165, 1.54) is 0 Å². The molecule has 0 radical (unpaired) electrons. The van der Waals surface area contributed by atoms with Gasteiger partial charge >= 0.3 is 12.1 Å². The lowest BCUT2D eigenvalue weighted by Gasteiger charge is -2.20. The van der Waals surface area contributed by atoms with Gasteiger partial charge in [0.15, 0.2) is 0 Å². The van der Waals surface area contributed by atoms with Gasteiger partial charge in [-0.15, -0.1) is 0 Å². The SMILES string of the molecule is N[C@H]1[C@H]2CN(C(=O)C(F)(F)F)C[C@@H]12. The summed E-state index contributed by atoms with van der Waals surface area (Å²) in [5, 5.41) is 0. The first-order chi connectivity index (χ1) is 5.91. The molecular weight excluding hydrogens is 185 g/mol. The molecule has 2 N–H and O–H groups in total. The smallest absolute Gasteiger partial charge is 0.334 e. The van der Waals surface area contributed by atoms with Crippen molar-refractivity contribution in [1.29, 1.82) is 0 Å². The van der Waals surface area contributed by atoms with E-state index in [1.54, 1.807) is 0 Å². The largest absolute Gasteiger partial charge is 0.471 e. The van der Waals surface area contributed by atoms with Gasteiger partial charge in [-0.1, -0.05) is 0 Å². The number of nitrogens with two attached hydrogens (primary N) is 1. The number of amides is 1. The maximum atomic E-state index is 11.9. The van der Waals surface area contributed by atoms with Crippen molar-refractivity contribution in [2.75, 3.05) is 13.1 Å². The van der Waals surface area contributed by atoms with Crippen LogP contribution in [0, 0.1) is 11.8 Å². The summed E-state index contributed by atoms with van der Waals surface area (Å²) >= 11 is 0. The first-order valence-electron chi connectivity index (χ1n) is 4.03. The summed E-state index contributed by atoms with van der Waals surface area (Å²) in [6.07, 6.45) is -4.74. The number of likely N-dealkylation sites (tertiary alicyclic amines) is 1. The van der Waals surface area contributed by atoms with Gasteiger partial charge in [-0.25, -0.2) is 0 Å². The van der Waals surface area contributed by atoms with Crippen LogP contribution in [-0.4, -0.2) is 36.1 Å². The van der Waals surface area contributed by atoms with Crippen LogP contribution in [0.5, 0.6) is 0 Å². The molecule has 6 heteroatoms. The average Bonchev–Trinajstić information content (AvgIpc) is 2.51. The maximum absolute atomic E-state index is 11.9. The number of piperidine rings is 1. The molecule has 2 rings (SSSR count). The molecule has 0 aromatic carbocycles. The second kappa shape index (κ2) is 2.37. The van der Waals surface area contributed by atoms with Gasteiger partial charge in [0.05, 0.1) is 0 Å². The van der Waals surface area contributed by atoms with E-state index in [4.69, 9.17) is 5.73 Å². The molecule has 1 saturated heterocycles. The van der Waals surface area contributed by atoms with E-state index >= 15 is 0 Å². The van der Waals surface area contributed by atoms with Crippen molar-refractivity contribution in [3.63, 3.8) is 0 Å². The molecule has 0 bridgehead atoms. The third-order valence-electron chi connectivity index (χ3n) is 2.79. The molecular formula is C7H9F3N2O. The summed E-state index contributed by atoms with van der Waals surface area (Å²) in [5.41, 5.74) is 5.52. The summed E-state index contributed by atoms with van der Waals surface area (Å²) in [6, 6.07) is 0.0114. The Morgan fingerprint density at radius 1 is 1.31 bits per heavy atom. The average molecular weight is 194 g/mol. The van der Waals surface area contributed by atoms with Crippen LogP contribution in [0.2, 0.25) is 0 Å². The Morgan fingerprint density at radius 2 is 1.77 bits per heavy atom. The van der Waals surface area contributed by atoms with Crippen LogP contribution in [-0.2, 0) is 4.79 Å². The van der Waals surface area contributed by atoms with E-state index in [2.05, 4.69) is 0 Å². The zero-order valence-corrected chi connectivity index (χ0v) is 6.71. The van der Waals surface area contributed by atoms with Gasteiger partial charge in [0.2, 0.25) is 0 Å². The summed E-state index contributed by atoms with van der Waals surface area (Å²) in [4.78, 5) is 11.5. The van der Waals surface area contributed by atoms with Gasteiger partial charge < -0.3 is 10.6 Å². The molecule has 3 nitrogen and oxygen atoms in total. The molecule has 1 heterocycles. The lowest BCUT2D eigenvalue weighted by atomic mass is 10.4. The predicted octanol–water partition coefficient (Wildman–Crippen LogP) is -0.0358. The molecule has 1 saturated carbocycles. The Labute approximate surface area is 72.7 Å². The lowest BCUT2D eigenvalue weighted by molar-refractivity contribution is -0.184. The van der Waals surface area contributed by atoms with Crippen LogP contribution in [0.1, 0.15) is 0 Å². The van der Waals surface area contributed by atoms with Gasteiger partial charge in [-0.3, -0.25) is 4.79 Å². The third-order valence-corrected chi connectivity index (χ3v) is 2.79. The van der Waals surface area contributed by atoms with Crippen molar-refractivity contribution in [2.45, 2.75) is 12.2 Å². The van der Waals surface area contributed by atoms with Gasteiger partial charge in [-0.2, -0.15) is 13.2 Å². The second-order valence-electron chi connectivity index (χ2n) is 3.61. The summed E-state index contributed by atoms with van der Waals surface area (Å²) in [7, 11) is 0. The fourth-order valence-corrected chi connectivity index (χ4v) is 1.92. The van der Waals surface area contributed by atoms with Gasteiger partial charge in [0.1, 0.15) is 0 Å². The van der Waals surface area contributed by atoms with Gasteiger partial charge in [0.25, 0.3) is 0 Å². The van der Waals surface area contributed by atoms with Gasteiger partial charge in [-0.05, 0) is 11.8 Å². The zero-order valence-electron chi connectivity index (χ0n) is 6.71. The number of rotatable bonds is 0. The summed E-state index contributed by atoms with van der Waals surface area (Å²) in [5.74, 6) is -1.52. The fraction of sp³-hybridized carbons (Fsp3) is 0.857. The number of carbonyl (C=O) groups excluding carboxylic acids is 1. The van der Waals surface area contributed by atoms with E-state index in [0.29, 0.717) is 0 Å². The van der Waals surface area contributed by atoms with Crippen molar-refractivity contribution < 1.29 is 18.0 Å². The Morgan fingerprint density at radius 3 is 2.15 bits per heavy atom. The van der Waals surface area contributed by atoms with Crippen LogP contribution in [0.25, 0.3) is 0 Å². The number of hydrogen-bond donors (Lipinski definition) is 1. The highest BCUT2D eigenvalue weighted by Gasteiger charge is 2.57. The van der Waals surface area contributed by atoms with Crippen molar-refractivity contribution in [1.82, 2.24) is 4.90 Å². The van der Waals surface area contributed by atoms with E-state index in [9.17, 15) is 18.0 Å². The number of carbonyl (C=O) groups is 1. The minimum Gasteiger partial charge on any atom is -0.334 e. The van der Waals surface area contributed by atoms with Crippen molar-refractivity contribution in [3.05, 3.63) is 0 Å². The number of fused-ring (bicyclic) bond motifs is 1. The molecule has 3 atom stereocenters. The molecule has 0 aromatic heterocycles. The Hall–Kier alpha value is -0.780. The fourth-order valence-electron chi connectivity index (χ4n) is 1.92. The highest BCUT2D eigenvalue weighted by Crippen LogP contribution is 2.44. The number of nitrogens with zero attached hydrogens (tertiary/aromatic N) is 1. The molecule has 0 spiro atoms. The van der Waals surface area contributed by atoms with Crippen LogP contribution in [0.3, 0.4) is 0 Å².